The lowest BCUT2D eigenvalue weighted by Gasteiger charge is -2.13. The minimum Gasteiger partial charge on any atom is -0.481 e. The molecule has 0 unspecified atom stereocenters. The van der Waals surface area contributed by atoms with Crippen molar-refractivity contribution in [3.05, 3.63) is 35.9 Å². The second-order valence-electron chi connectivity index (χ2n) is 4.32. The average molecular weight is 295 g/mol. The third-order valence-corrected chi connectivity index (χ3v) is 2.69. The maximum Gasteiger partial charge on any atom is 0.306 e. The third kappa shape index (κ3) is 6.53. The van der Waals surface area contributed by atoms with E-state index in [2.05, 4.69) is 10.2 Å². The number of benzene rings is 1. The maximum atomic E-state index is 11.8. The Balaban J connectivity index is 2.47. The van der Waals surface area contributed by atoms with Crippen molar-refractivity contribution in [2.24, 2.45) is 5.92 Å². The van der Waals surface area contributed by atoms with Crippen LogP contribution in [0.2, 0.25) is 0 Å². The first kappa shape index (κ1) is 16.6. The van der Waals surface area contributed by atoms with Crippen LogP contribution in [-0.4, -0.2) is 30.1 Å². The number of amides is 1. The summed E-state index contributed by atoms with van der Waals surface area (Å²) < 4.78 is 4.43. The van der Waals surface area contributed by atoms with Gasteiger partial charge in [0.1, 0.15) is 0 Å². The number of carbonyl (C=O) groups excluding carboxylic acids is 2. The molecular weight excluding hydrogens is 278 g/mol. The second kappa shape index (κ2) is 8.70. The average Bonchev–Trinajstić information content (AvgIpc) is 2.47. The van der Waals surface area contributed by atoms with Gasteiger partial charge in [-0.15, -0.1) is 0 Å². The van der Waals surface area contributed by atoms with E-state index in [4.69, 9.17) is 9.94 Å². The SMILES string of the molecule is COC(=O)C[C@H](CC(=O)O)C(=O)NOCc1ccccc1. The van der Waals surface area contributed by atoms with E-state index in [9.17, 15) is 14.4 Å². The highest BCUT2D eigenvalue weighted by Crippen LogP contribution is 2.10. The fourth-order valence-corrected chi connectivity index (χ4v) is 1.60. The second-order valence-corrected chi connectivity index (χ2v) is 4.32. The van der Waals surface area contributed by atoms with Crippen LogP contribution >= 0.6 is 0 Å². The zero-order valence-electron chi connectivity index (χ0n) is 11.6. The summed E-state index contributed by atoms with van der Waals surface area (Å²) in [5, 5.41) is 8.75. The maximum absolute atomic E-state index is 11.8. The molecule has 1 aromatic rings. The minimum absolute atomic E-state index is 0.143. The van der Waals surface area contributed by atoms with Crippen LogP contribution in [0.3, 0.4) is 0 Å². The molecule has 1 atom stereocenters. The third-order valence-electron chi connectivity index (χ3n) is 2.69. The van der Waals surface area contributed by atoms with E-state index in [1.165, 1.54) is 7.11 Å². The van der Waals surface area contributed by atoms with Gasteiger partial charge in [0.2, 0.25) is 5.91 Å². The van der Waals surface area contributed by atoms with Gasteiger partial charge in [-0.3, -0.25) is 19.2 Å². The molecule has 114 valence electrons. The predicted molar refractivity (Wildman–Crippen MR) is 71.7 cm³/mol. The summed E-state index contributed by atoms with van der Waals surface area (Å²) in [5.74, 6) is -3.54. The lowest BCUT2D eigenvalue weighted by molar-refractivity contribution is -0.151. The highest BCUT2D eigenvalue weighted by atomic mass is 16.6. The van der Waals surface area contributed by atoms with Crippen LogP contribution in [0.15, 0.2) is 30.3 Å². The molecular formula is C14H17NO6. The number of esters is 1. The van der Waals surface area contributed by atoms with Gasteiger partial charge in [-0.2, -0.15) is 0 Å². The fourth-order valence-electron chi connectivity index (χ4n) is 1.60. The Labute approximate surface area is 121 Å². The number of nitrogens with one attached hydrogen (secondary N) is 1. The molecule has 0 aliphatic carbocycles. The van der Waals surface area contributed by atoms with E-state index in [-0.39, 0.29) is 13.0 Å². The first-order valence-electron chi connectivity index (χ1n) is 6.27. The topological polar surface area (TPSA) is 102 Å². The molecule has 1 aromatic carbocycles. The summed E-state index contributed by atoms with van der Waals surface area (Å²) in [7, 11) is 1.17. The van der Waals surface area contributed by atoms with Crippen molar-refractivity contribution in [2.45, 2.75) is 19.4 Å². The van der Waals surface area contributed by atoms with Crippen LogP contribution in [0.1, 0.15) is 18.4 Å². The molecule has 7 heteroatoms. The van der Waals surface area contributed by atoms with E-state index in [1.807, 2.05) is 30.3 Å². The molecule has 0 spiro atoms. The molecule has 2 N–H and O–H groups in total. The van der Waals surface area contributed by atoms with Gasteiger partial charge in [0.05, 0.1) is 32.5 Å². The van der Waals surface area contributed by atoms with Crippen LogP contribution in [0.25, 0.3) is 0 Å². The fraction of sp³-hybridized carbons (Fsp3) is 0.357. The lowest BCUT2D eigenvalue weighted by Crippen LogP contribution is -2.33. The van der Waals surface area contributed by atoms with Crippen LogP contribution in [-0.2, 0) is 30.6 Å². The first-order valence-corrected chi connectivity index (χ1v) is 6.27. The Morgan fingerprint density at radius 1 is 1.19 bits per heavy atom. The summed E-state index contributed by atoms with van der Waals surface area (Å²) in [6.45, 7) is 0.143. The molecule has 7 nitrogen and oxygen atoms in total. The molecule has 1 amide bonds. The lowest BCUT2D eigenvalue weighted by atomic mass is 10.0. The van der Waals surface area contributed by atoms with Gasteiger partial charge in [-0.1, -0.05) is 30.3 Å². The standard InChI is InChI=1S/C14H17NO6/c1-20-13(18)8-11(7-12(16)17)14(19)15-21-9-10-5-3-2-4-6-10/h2-6,11H,7-9H2,1H3,(H,15,19)(H,16,17)/t11-/m0/s1. The summed E-state index contributed by atoms with van der Waals surface area (Å²) in [6.07, 6.45) is -0.793. The van der Waals surface area contributed by atoms with Gasteiger partial charge in [-0.25, -0.2) is 5.48 Å². The largest absolute Gasteiger partial charge is 0.481 e. The summed E-state index contributed by atoms with van der Waals surface area (Å²) in [5.41, 5.74) is 3.00. The molecule has 0 bridgehead atoms. The van der Waals surface area contributed by atoms with E-state index >= 15 is 0 Å². The van der Waals surface area contributed by atoms with Crippen LogP contribution in [0.5, 0.6) is 0 Å². The number of methoxy groups -OCH3 is 1. The van der Waals surface area contributed by atoms with Gasteiger partial charge in [-0.05, 0) is 5.56 Å². The molecule has 0 aliphatic heterocycles. The van der Waals surface area contributed by atoms with Crippen molar-refractivity contribution < 1.29 is 29.1 Å². The molecule has 0 heterocycles. The molecule has 0 radical (unpaired) electrons. The van der Waals surface area contributed by atoms with Gasteiger partial charge in [0, 0.05) is 0 Å². The summed E-state index contributed by atoms with van der Waals surface area (Å²) in [6, 6.07) is 9.13. The summed E-state index contributed by atoms with van der Waals surface area (Å²) in [4.78, 5) is 38.7. The molecule has 0 aromatic heterocycles. The number of hydroxylamine groups is 1. The van der Waals surface area contributed by atoms with Crippen LogP contribution in [0, 0.1) is 5.92 Å². The molecule has 1 rings (SSSR count). The van der Waals surface area contributed by atoms with Crippen LogP contribution < -0.4 is 5.48 Å². The Bertz CT molecular complexity index is 487. The summed E-state index contributed by atoms with van der Waals surface area (Å²) >= 11 is 0. The number of hydrogen-bond donors (Lipinski definition) is 2. The first-order chi connectivity index (χ1) is 10.0. The zero-order chi connectivity index (χ0) is 15.7. The number of rotatable bonds is 8. The highest BCUT2D eigenvalue weighted by molar-refractivity contribution is 5.86. The van der Waals surface area contributed by atoms with Crippen molar-refractivity contribution in [1.29, 1.82) is 0 Å². The van der Waals surface area contributed by atoms with Gasteiger partial charge < -0.3 is 9.84 Å². The number of carbonyl (C=O) groups is 3. The molecule has 0 fully saturated rings. The molecule has 0 saturated heterocycles. The highest BCUT2D eigenvalue weighted by Gasteiger charge is 2.25. The van der Waals surface area contributed by atoms with Crippen molar-refractivity contribution in [2.75, 3.05) is 7.11 Å². The zero-order valence-corrected chi connectivity index (χ0v) is 11.6. The number of carboxylic acids is 1. The molecule has 0 aliphatic rings. The Hall–Kier alpha value is -2.41. The van der Waals surface area contributed by atoms with E-state index in [0.717, 1.165) is 5.56 Å². The van der Waals surface area contributed by atoms with Gasteiger partial charge in [0.25, 0.3) is 0 Å². The predicted octanol–water partition coefficient (Wildman–Crippen LogP) is 0.888. The van der Waals surface area contributed by atoms with Crippen LogP contribution in [0.4, 0.5) is 0 Å². The Morgan fingerprint density at radius 3 is 2.43 bits per heavy atom. The molecule has 21 heavy (non-hydrogen) atoms. The number of aliphatic carboxylic acids is 1. The number of ether oxygens (including phenoxy) is 1. The monoisotopic (exact) mass is 295 g/mol. The Morgan fingerprint density at radius 2 is 1.86 bits per heavy atom. The smallest absolute Gasteiger partial charge is 0.306 e. The number of carboxylic acid groups (broad SMARTS) is 1. The van der Waals surface area contributed by atoms with Crippen molar-refractivity contribution in [3.8, 4) is 0 Å². The quantitative estimate of drug-likeness (QED) is 0.545. The molecule has 0 saturated carbocycles. The van der Waals surface area contributed by atoms with Gasteiger partial charge in [0.15, 0.2) is 0 Å². The van der Waals surface area contributed by atoms with Crippen molar-refractivity contribution in [3.63, 3.8) is 0 Å². The van der Waals surface area contributed by atoms with Crippen molar-refractivity contribution in [1.82, 2.24) is 5.48 Å². The number of hydrogen-bond acceptors (Lipinski definition) is 5. The Kier molecular flexibility index (Phi) is 6.90. The van der Waals surface area contributed by atoms with Gasteiger partial charge >= 0.3 is 11.9 Å². The minimum atomic E-state index is -1.18. The van der Waals surface area contributed by atoms with Crippen molar-refractivity contribution >= 4 is 17.8 Å². The van der Waals surface area contributed by atoms with E-state index in [1.54, 1.807) is 0 Å². The van der Waals surface area contributed by atoms with E-state index < -0.39 is 30.2 Å². The normalized spacial score (nSPS) is 11.5. The van der Waals surface area contributed by atoms with E-state index in [0.29, 0.717) is 0 Å².